The second kappa shape index (κ2) is 19.2. The van der Waals surface area contributed by atoms with Crippen LogP contribution >= 0.6 is 11.8 Å². The van der Waals surface area contributed by atoms with E-state index in [1.807, 2.05) is 42.8 Å². The van der Waals surface area contributed by atoms with Crippen LogP contribution < -0.4 is 16.0 Å². The summed E-state index contributed by atoms with van der Waals surface area (Å²) in [6.07, 6.45) is 3.11. The summed E-state index contributed by atoms with van der Waals surface area (Å²) in [6.45, 7) is 6.73. The van der Waals surface area contributed by atoms with Crippen molar-refractivity contribution in [1.29, 1.82) is 0 Å². The van der Waals surface area contributed by atoms with Gasteiger partial charge in [-0.15, -0.1) is 0 Å². The Bertz CT molecular complexity index is 907. The van der Waals surface area contributed by atoms with Gasteiger partial charge in [0.25, 0.3) is 0 Å². The topological polar surface area (TPSA) is 125 Å². The Morgan fingerprint density at radius 1 is 1.17 bits per heavy atom. The van der Waals surface area contributed by atoms with Crippen molar-refractivity contribution in [3.05, 3.63) is 59.7 Å². The van der Waals surface area contributed by atoms with Crippen LogP contribution in [0.25, 0.3) is 11.1 Å². The number of carbonyl (C=O) groups is 4. The van der Waals surface area contributed by atoms with Gasteiger partial charge in [0.1, 0.15) is 12.8 Å². The highest BCUT2D eigenvalue weighted by Gasteiger charge is 2.26. The lowest BCUT2D eigenvalue weighted by Gasteiger charge is -2.13. The predicted octanol–water partition coefficient (Wildman–Crippen LogP) is 3.03. The molecule has 1 saturated heterocycles. The molecule has 1 unspecified atom stereocenters. The van der Waals surface area contributed by atoms with Crippen LogP contribution in [0.4, 0.5) is 0 Å². The molecule has 0 bridgehead atoms. The number of amides is 2. The molecule has 0 aliphatic carbocycles. The molecule has 0 aromatic heterocycles. The van der Waals surface area contributed by atoms with Crippen molar-refractivity contribution in [2.75, 3.05) is 25.6 Å². The molecule has 1 aliphatic rings. The standard InChI is InChI=1S/C19H20N2O2.C3H7NO2.C3H8S.CH2O/c1-13-7-8-14(11-16(13)15-5-3-2-4-6-15)12-20-19(23)17-9-10-18(22)21-17;1-4-2-3(5)6;1-3-4-2;1-2/h2-8,11,17H,9-10,12H2,1H3,(H,20,23)(H,21,22);4H,2H2,1H3,(H,5,6);3H2,1-2H3;1H2. The van der Waals surface area contributed by atoms with E-state index < -0.39 is 5.97 Å². The first-order valence-electron chi connectivity index (χ1n) is 11.2. The highest BCUT2D eigenvalue weighted by atomic mass is 32.2. The number of carbonyl (C=O) groups excluding carboxylic acids is 3. The first-order chi connectivity index (χ1) is 16.8. The van der Waals surface area contributed by atoms with Crippen LogP contribution in [0.3, 0.4) is 0 Å². The lowest BCUT2D eigenvalue weighted by atomic mass is 9.98. The molecule has 3 rings (SSSR count). The highest BCUT2D eigenvalue weighted by Crippen LogP contribution is 2.24. The van der Waals surface area contributed by atoms with Gasteiger partial charge in [-0.05, 0) is 60.7 Å². The van der Waals surface area contributed by atoms with Crippen LogP contribution in [-0.4, -0.2) is 61.3 Å². The Morgan fingerprint density at radius 2 is 1.80 bits per heavy atom. The largest absolute Gasteiger partial charge is 0.480 e. The smallest absolute Gasteiger partial charge is 0.317 e. The van der Waals surface area contributed by atoms with Gasteiger partial charge in [0, 0.05) is 13.0 Å². The Balaban J connectivity index is 0.000000810. The summed E-state index contributed by atoms with van der Waals surface area (Å²) in [5.41, 5.74) is 4.59. The fourth-order valence-corrected chi connectivity index (χ4v) is 2.98. The maximum Gasteiger partial charge on any atom is 0.317 e. The van der Waals surface area contributed by atoms with Crippen LogP contribution in [0.2, 0.25) is 0 Å². The quantitative estimate of drug-likeness (QED) is 0.458. The highest BCUT2D eigenvalue weighted by molar-refractivity contribution is 7.98. The molecule has 0 radical (unpaired) electrons. The normalized spacial score (nSPS) is 13.5. The zero-order chi connectivity index (χ0) is 26.6. The van der Waals surface area contributed by atoms with Gasteiger partial charge in [0.15, 0.2) is 0 Å². The van der Waals surface area contributed by atoms with E-state index in [2.05, 4.69) is 60.3 Å². The molecular weight excluding hydrogens is 466 g/mol. The van der Waals surface area contributed by atoms with Gasteiger partial charge >= 0.3 is 5.97 Å². The van der Waals surface area contributed by atoms with Crippen molar-refractivity contribution >= 4 is 36.3 Å². The summed E-state index contributed by atoms with van der Waals surface area (Å²) < 4.78 is 0. The first kappa shape index (κ1) is 31.8. The van der Waals surface area contributed by atoms with Crippen molar-refractivity contribution < 1.29 is 24.3 Å². The number of hydrogen-bond acceptors (Lipinski definition) is 6. The van der Waals surface area contributed by atoms with E-state index in [9.17, 15) is 14.4 Å². The van der Waals surface area contributed by atoms with Gasteiger partial charge in [-0.2, -0.15) is 11.8 Å². The van der Waals surface area contributed by atoms with E-state index >= 15 is 0 Å². The summed E-state index contributed by atoms with van der Waals surface area (Å²) in [4.78, 5) is 40.8. The molecule has 192 valence electrons. The van der Waals surface area contributed by atoms with Crippen LogP contribution in [0.15, 0.2) is 48.5 Å². The average Bonchev–Trinajstić information content (AvgIpc) is 3.32. The Kier molecular flexibility index (Phi) is 17.4. The number of carboxylic acid groups (broad SMARTS) is 1. The number of carboxylic acids is 1. The minimum Gasteiger partial charge on any atom is -0.480 e. The summed E-state index contributed by atoms with van der Waals surface area (Å²) in [5.74, 6) is 0.252. The fraction of sp³-hybridized carbons (Fsp3) is 0.385. The summed E-state index contributed by atoms with van der Waals surface area (Å²) in [7, 11) is 1.59. The van der Waals surface area contributed by atoms with Crippen LogP contribution in [-0.2, 0) is 25.7 Å². The van der Waals surface area contributed by atoms with E-state index in [4.69, 9.17) is 9.90 Å². The number of thioether (sulfide) groups is 1. The third-order valence-electron chi connectivity index (χ3n) is 4.78. The number of hydrogen-bond donors (Lipinski definition) is 4. The van der Waals surface area contributed by atoms with Crippen molar-refractivity contribution in [2.45, 2.75) is 39.3 Å². The number of aryl methyl sites for hydroxylation is 1. The number of rotatable bonds is 7. The maximum atomic E-state index is 12.1. The molecule has 1 heterocycles. The number of likely N-dealkylation sites (N-methyl/N-ethyl adjacent to an activating group) is 1. The summed E-state index contributed by atoms with van der Waals surface area (Å²) in [6, 6.07) is 16.0. The predicted molar refractivity (Wildman–Crippen MR) is 142 cm³/mol. The third kappa shape index (κ3) is 13.3. The zero-order valence-corrected chi connectivity index (χ0v) is 21.7. The molecule has 1 atom stereocenters. The van der Waals surface area contributed by atoms with Gasteiger partial charge in [0.05, 0.1) is 6.54 Å². The maximum absolute atomic E-state index is 12.1. The van der Waals surface area contributed by atoms with E-state index in [-0.39, 0.29) is 24.4 Å². The van der Waals surface area contributed by atoms with Crippen LogP contribution in [0, 0.1) is 6.92 Å². The molecule has 1 aliphatic heterocycles. The van der Waals surface area contributed by atoms with Gasteiger partial charge < -0.3 is 25.9 Å². The van der Waals surface area contributed by atoms with Crippen molar-refractivity contribution in [1.82, 2.24) is 16.0 Å². The number of aliphatic carboxylic acids is 1. The van der Waals surface area contributed by atoms with Gasteiger partial charge in [-0.1, -0.05) is 49.4 Å². The van der Waals surface area contributed by atoms with Crippen molar-refractivity contribution in [2.24, 2.45) is 0 Å². The van der Waals surface area contributed by atoms with Crippen molar-refractivity contribution in [3.63, 3.8) is 0 Å². The number of benzene rings is 2. The molecule has 8 nitrogen and oxygen atoms in total. The first-order valence-corrected chi connectivity index (χ1v) is 12.6. The molecular formula is C26H37N3O5S. The van der Waals surface area contributed by atoms with Crippen LogP contribution in [0.5, 0.6) is 0 Å². The Hall–Kier alpha value is -3.17. The Morgan fingerprint density at radius 3 is 2.26 bits per heavy atom. The van der Waals surface area contributed by atoms with E-state index in [1.54, 1.807) is 7.05 Å². The molecule has 35 heavy (non-hydrogen) atoms. The van der Waals surface area contributed by atoms with Crippen molar-refractivity contribution in [3.8, 4) is 11.1 Å². The van der Waals surface area contributed by atoms with Gasteiger partial charge in [-0.3, -0.25) is 14.4 Å². The Labute approximate surface area is 212 Å². The van der Waals surface area contributed by atoms with E-state index in [0.717, 1.165) is 5.56 Å². The molecule has 0 spiro atoms. The van der Waals surface area contributed by atoms with E-state index in [0.29, 0.717) is 19.4 Å². The lowest BCUT2D eigenvalue weighted by molar-refractivity contribution is -0.135. The minimum absolute atomic E-state index is 0.0417. The molecule has 0 saturated carbocycles. The van der Waals surface area contributed by atoms with Gasteiger partial charge in [0.2, 0.25) is 11.8 Å². The second-order valence-electron chi connectivity index (χ2n) is 7.39. The third-order valence-corrected chi connectivity index (χ3v) is 5.36. The molecule has 2 aromatic rings. The van der Waals surface area contributed by atoms with E-state index in [1.165, 1.54) is 22.4 Å². The minimum atomic E-state index is -0.822. The second-order valence-corrected chi connectivity index (χ2v) is 8.55. The van der Waals surface area contributed by atoms with Gasteiger partial charge in [-0.25, -0.2) is 0 Å². The molecule has 1 fully saturated rings. The molecule has 2 aromatic carbocycles. The lowest BCUT2D eigenvalue weighted by Crippen LogP contribution is -2.41. The molecule has 9 heteroatoms. The average molecular weight is 504 g/mol. The SMILES string of the molecule is C=O.CCSC.CNCC(=O)O.Cc1ccc(CNC(=O)C2CCC(=O)N2)cc1-c1ccccc1. The zero-order valence-electron chi connectivity index (χ0n) is 20.9. The summed E-state index contributed by atoms with van der Waals surface area (Å²) in [5, 5.41) is 15.9. The number of nitrogens with one attached hydrogen (secondary N) is 3. The molecule has 4 N–H and O–H groups in total. The fourth-order valence-electron chi connectivity index (χ4n) is 2.98. The molecule has 2 amide bonds. The summed E-state index contributed by atoms with van der Waals surface area (Å²) >= 11 is 1.86. The van der Waals surface area contributed by atoms with Crippen LogP contribution in [0.1, 0.15) is 30.9 Å². The monoisotopic (exact) mass is 503 g/mol.